The summed E-state index contributed by atoms with van der Waals surface area (Å²) in [7, 11) is 1.72. The van der Waals surface area contributed by atoms with Crippen LogP contribution in [0.1, 0.15) is 75.8 Å². The van der Waals surface area contributed by atoms with Crippen molar-refractivity contribution in [1.82, 2.24) is 20.4 Å². The number of nitrogens with one attached hydrogen (secondary N) is 1. The number of hydroxylamine groups is 1. The zero-order chi connectivity index (χ0) is 31.1. The van der Waals surface area contributed by atoms with E-state index in [1.807, 2.05) is 32.2 Å². The highest BCUT2D eigenvalue weighted by molar-refractivity contribution is 6.03. The topological polar surface area (TPSA) is 92.6 Å². The Labute approximate surface area is 264 Å². The Morgan fingerprint density at radius 1 is 1.09 bits per heavy atom. The number of anilines is 1. The van der Waals surface area contributed by atoms with Gasteiger partial charge in [-0.15, -0.1) is 0 Å². The van der Waals surface area contributed by atoms with E-state index in [1.54, 1.807) is 13.1 Å². The predicted molar refractivity (Wildman–Crippen MR) is 175 cm³/mol. The molecule has 3 atom stereocenters. The lowest BCUT2D eigenvalue weighted by molar-refractivity contribution is -0.0134. The van der Waals surface area contributed by atoms with Crippen molar-refractivity contribution in [2.24, 2.45) is 11.3 Å². The zero-order valence-corrected chi connectivity index (χ0v) is 26.7. The Bertz CT molecular complexity index is 1730. The van der Waals surface area contributed by atoms with E-state index in [9.17, 15) is 5.11 Å². The van der Waals surface area contributed by atoms with E-state index < -0.39 is 0 Å². The van der Waals surface area contributed by atoms with Gasteiger partial charge in [-0.1, -0.05) is 19.4 Å². The maximum Gasteiger partial charge on any atom is 0.318 e. The Kier molecular flexibility index (Phi) is 8.25. The molecule has 238 valence electrons. The highest BCUT2D eigenvalue weighted by atomic mass is 19.1. The molecule has 45 heavy (non-hydrogen) atoms. The molecule has 2 saturated carbocycles. The second-order valence-electron chi connectivity index (χ2n) is 13.3. The van der Waals surface area contributed by atoms with Gasteiger partial charge in [-0.05, 0) is 105 Å². The summed E-state index contributed by atoms with van der Waals surface area (Å²) in [4.78, 5) is 23.1. The highest BCUT2D eigenvalue weighted by Gasteiger charge is 2.47. The molecule has 3 aliphatic rings. The summed E-state index contributed by atoms with van der Waals surface area (Å²) < 4.78 is 21.7. The maximum absolute atomic E-state index is 15.2. The number of nitrogens with zero attached hydrogens (tertiary/aromatic N) is 4. The number of hydrogen-bond acceptors (Lipinski definition) is 8. The molecule has 1 saturated heterocycles. The van der Waals surface area contributed by atoms with Gasteiger partial charge in [-0.3, -0.25) is 4.98 Å². The van der Waals surface area contributed by atoms with Gasteiger partial charge in [0.2, 0.25) is 0 Å². The first-order chi connectivity index (χ1) is 21.9. The summed E-state index contributed by atoms with van der Waals surface area (Å²) in [6.07, 6.45) is 11.8. The number of halogens is 1. The molecule has 0 radical (unpaired) electrons. The van der Waals surface area contributed by atoms with Gasteiger partial charge in [0.1, 0.15) is 17.4 Å². The molecular formula is C36H44FN5O3. The van der Waals surface area contributed by atoms with Gasteiger partial charge >= 0.3 is 6.01 Å². The van der Waals surface area contributed by atoms with Crippen molar-refractivity contribution in [3.05, 3.63) is 47.4 Å². The Morgan fingerprint density at radius 3 is 2.73 bits per heavy atom. The average molecular weight is 614 g/mol. The molecule has 2 aliphatic carbocycles. The molecule has 9 heteroatoms. The standard InChI is InChI=1S/C36H44FN5O3/c1-4-27-30(37)13-10-23-17-26(45-38-3)18-28(31(23)27)32-22(2)33-29(20-39-32)34(42-15-6-5-7-16-42)41-35(40-33)44-21-36-14-8-9-24(36)11-12-25(43)19-36/h10,13,17-18,20,24-25,38,43H,4-9,11-12,14-16,19,21H2,1-3H3/t24?,25-,36-/m0/s1. The quantitative estimate of drug-likeness (QED) is 0.204. The van der Waals surface area contributed by atoms with Crippen LogP contribution in [0.15, 0.2) is 30.5 Å². The third kappa shape index (κ3) is 5.48. The second kappa shape index (κ2) is 12.3. The summed E-state index contributed by atoms with van der Waals surface area (Å²) in [6, 6.07) is 7.55. The number of rotatable bonds is 8. The van der Waals surface area contributed by atoms with Crippen molar-refractivity contribution < 1.29 is 19.1 Å². The molecule has 2 N–H and O–H groups in total. The predicted octanol–water partition coefficient (Wildman–Crippen LogP) is 7.07. The van der Waals surface area contributed by atoms with Crippen LogP contribution >= 0.6 is 0 Å². The Hall–Kier alpha value is -3.56. The molecule has 1 aliphatic heterocycles. The summed E-state index contributed by atoms with van der Waals surface area (Å²) in [5.41, 5.74) is 6.61. The van der Waals surface area contributed by atoms with Gasteiger partial charge in [0.25, 0.3) is 0 Å². The molecule has 3 heterocycles. The highest BCUT2D eigenvalue weighted by Crippen LogP contribution is 2.52. The first-order valence-corrected chi connectivity index (χ1v) is 16.7. The number of aliphatic hydroxyl groups excluding tert-OH is 1. The number of fused-ring (bicyclic) bond motifs is 3. The van der Waals surface area contributed by atoms with Crippen molar-refractivity contribution >= 4 is 27.5 Å². The number of piperidine rings is 1. The van der Waals surface area contributed by atoms with Gasteiger partial charge in [0.15, 0.2) is 0 Å². The summed E-state index contributed by atoms with van der Waals surface area (Å²) in [5.74, 6) is 1.83. The fraction of sp³-hybridized carbons (Fsp3) is 0.528. The third-order valence-electron chi connectivity index (χ3n) is 10.6. The minimum atomic E-state index is -0.268. The molecule has 8 nitrogen and oxygen atoms in total. The monoisotopic (exact) mass is 613 g/mol. The van der Waals surface area contributed by atoms with E-state index in [1.165, 1.54) is 25.3 Å². The van der Waals surface area contributed by atoms with Crippen LogP contribution in [0.2, 0.25) is 0 Å². The van der Waals surface area contributed by atoms with Crippen molar-refractivity contribution in [3.8, 4) is 23.0 Å². The van der Waals surface area contributed by atoms with E-state index in [0.717, 1.165) is 95.9 Å². The van der Waals surface area contributed by atoms with Crippen LogP contribution in [0.3, 0.4) is 0 Å². The van der Waals surface area contributed by atoms with E-state index in [4.69, 9.17) is 24.5 Å². The summed E-state index contributed by atoms with van der Waals surface area (Å²) >= 11 is 0. The van der Waals surface area contributed by atoms with Gasteiger partial charge in [0.05, 0.1) is 29.3 Å². The molecule has 2 aromatic carbocycles. The van der Waals surface area contributed by atoms with Crippen LogP contribution in [0, 0.1) is 24.1 Å². The zero-order valence-electron chi connectivity index (χ0n) is 26.7. The van der Waals surface area contributed by atoms with Crippen molar-refractivity contribution in [3.63, 3.8) is 0 Å². The lowest BCUT2D eigenvalue weighted by atomic mass is 9.68. The number of benzene rings is 2. The number of aliphatic hydroxyl groups is 1. The fourth-order valence-electron chi connectivity index (χ4n) is 8.41. The van der Waals surface area contributed by atoms with E-state index >= 15 is 4.39 Å². The third-order valence-corrected chi connectivity index (χ3v) is 10.6. The van der Waals surface area contributed by atoms with E-state index in [2.05, 4.69) is 10.4 Å². The number of aryl methyl sites for hydroxylation is 2. The van der Waals surface area contributed by atoms with Gasteiger partial charge < -0.3 is 19.6 Å². The molecule has 3 fully saturated rings. The lowest BCUT2D eigenvalue weighted by Gasteiger charge is -2.41. The molecule has 0 bridgehead atoms. The second-order valence-corrected chi connectivity index (χ2v) is 13.3. The van der Waals surface area contributed by atoms with Crippen LogP contribution in [0.25, 0.3) is 32.9 Å². The smallest absolute Gasteiger partial charge is 0.318 e. The number of ether oxygens (including phenoxy) is 1. The molecule has 1 unspecified atom stereocenters. The fourth-order valence-corrected chi connectivity index (χ4v) is 8.41. The summed E-state index contributed by atoms with van der Waals surface area (Å²) in [6.45, 7) is 6.38. The van der Waals surface area contributed by atoms with Gasteiger partial charge in [-0.2, -0.15) is 15.4 Å². The molecular weight excluding hydrogens is 569 g/mol. The SMILES string of the molecule is CCc1c(F)ccc2cc(ONC)cc(-c3ncc4c(N5CCCCC5)nc(OC[C@@]56CCCC5CC[C@H](O)C6)nc4c3C)c12. The minimum absolute atomic E-state index is 0.0208. The first-order valence-electron chi connectivity index (χ1n) is 16.7. The number of aromatic nitrogens is 3. The largest absolute Gasteiger partial charge is 0.463 e. The minimum Gasteiger partial charge on any atom is -0.463 e. The van der Waals surface area contributed by atoms with Crippen LogP contribution in [0.4, 0.5) is 10.2 Å². The lowest BCUT2D eigenvalue weighted by Crippen LogP contribution is -2.40. The first kappa shape index (κ1) is 30.1. The van der Waals surface area contributed by atoms with Gasteiger partial charge in [-0.25, -0.2) is 4.39 Å². The molecule has 7 rings (SSSR count). The molecule has 0 amide bonds. The summed E-state index contributed by atoms with van der Waals surface area (Å²) in [5, 5.41) is 13.2. The average Bonchev–Trinajstić information content (AvgIpc) is 3.47. The van der Waals surface area contributed by atoms with Crippen LogP contribution in [-0.4, -0.2) is 52.9 Å². The van der Waals surface area contributed by atoms with Crippen molar-refractivity contribution in [2.75, 3.05) is 31.6 Å². The van der Waals surface area contributed by atoms with Gasteiger partial charge in [0, 0.05) is 42.9 Å². The van der Waals surface area contributed by atoms with Crippen molar-refractivity contribution in [2.45, 2.75) is 84.2 Å². The van der Waals surface area contributed by atoms with Crippen LogP contribution in [0.5, 0.6) is 11.8 Å². The number of hydrogen-bond donors (Lipinski definition) is 2. The molecule has 0 spiro atoms. The maximum atomic E-state index is 15.2. The van der Waals surface area contributed by atoms with Crippen LogP contribution < -0.4 is 20.0 Å². The molecule has 4 aromatic rings. The Balaban J connectivity index is 1.37. The van der Waals surface area contributed by atoms with Crippen molar-refractivity contribution in [1.29, 1.82) is 0 Å². The Morgan fingerprint density at radius 2 is 1.93 bits per heavy atom. The van der Waals surface area contributed by atoms with E-state index in [0.29, 0.717) is 36.3 Å². The number of pyridine rings is 1. The normalized spacial score (nSPS) is 23.4. The van der Waals surface area contributed by atoms with Crippen LogP contribution in [-0.2, 0) is 6.42 Å². The van der Waals surface area contributed by atoms with E-state index in [-0.39, 0.29) is 17.3 Å². The molecule has 2 aromatic heterocycles.